The van der Waals surface area contributed by atoms with Gasteiger partial charge in [-0.2, -0.15) is 0 Å². The monoisotopic (exact) mass is 308 g/mol. The SMILES string of the molecule is CC(Cl)CCC(/C=C/C(=O)OC(C)(C)C)CCCCl. The molecule has 0 N–H and O–H groups in total. The van der Waals surface area contributed by atoms with Gasteiger partial charge in [0.2, 0.25) is 0 Å². The molecule has 2 unspecified atom stereocenters. The van der Waals surface area contributed by atoms with E-state index in [2.05, 4.69) is 0 Å². The van der Waals surface area contributed by atoms with E-state index in [1.807, 2.05) is 33.8 Å². The highest BCUT2D eigenvalue weighted by Crippen LogP contribution is 2.19. The van der Waals surface area contributed by atoms with E-state index in [1.165, 1.54) is 6.08 Å². The average molecular weight is 309 g/mol. The molecule has 0 aliphatic rings. The van der Waals surface area contributed by atoms with Crippen LogP contribution in [0.3, 0.4) is 0 Å². The van der Waals surface area contributed by atoms with Gasteiger partial charge in [-0.1, -0.05) is 6.08 Å². The smallest absolute Gasteiger partial charge is 0.330 e. The lowest BCUT2D eigenvalue weighted by molar-refractivity contribution is -0.148. The number of allylic oxidation sites excluding steroid dienone is 1. The Bertz CT molecular complexity index is 280. The van der Waals surface area contributed by atoms with Gasteiger partial charge in [0.05, 0.1) is 0 Å². The Hall–Kier alpha value is -0.210. The van der Waals surface area contributed by atoms with Gasteiger partial charge < -0.3 is 4.74 Å². The molecule has 0 radical (unpaired) electrons. The van der Waals surface area contributed by atoms with Crippen molar-refractivity contribution in [1.82, 2.24) is 0 Å². The molecule has 0 rings (SSSR count). The first-order chi connectivity index (χ1) is 8.74. The second kappa shape index (κ2) is 9.66. The van der Waals surface area contributed by atoms with Crippen LogP contribution in [0.1, 0.15) is 53.4 Å². The van der Waals surface area contributed by atoms with Crippen molar-refractivity contribution >= 4 is 29.2 Å². The first-order valence-corrected chi connectivity index (χ1v) is 7.83. The molecule has 0 aliphatic carbocycles. The Labute approximate surface area is 127 Å². The molecule has 0 saturated carbocycles. The van der Waals surface area contributed by atoms with Gasteiger partial charge in [-0.25, -0.2) is 4.79 Å². The van der Waals surface area contributed by atoms with Crippen molar-refractivity contribution in [2.24, 2.45) is 5.92 Å². The Kier molecular flexibility index (Phi) is 9.55. The van der Waals surface area contributed by atoms with E-state index in [0.717, 1.165) is 25.7 Å². The van der Waals surface area contributed by atoms with Crippen molar-refractivity contribution < 1.29 is 9.53 Å². The van der Waals surface area contributed by atoms with Crippen molar-refractivity contribution in [2.45, 2.75) is 64.4 Å². The van der Waals surface area contributed by atoms with Crippen LogP contribution >= 0.6 is 23.2 Å². The summed E-state index contributed by atoms with van der Waals surface area (Å²) in [7, 11) is 0. The van der Waals surface area contributed by atoms with Crippen LogP contribution in [0.4, 0.5) is 0 Å². The van der Waals surface area contributed by atoms with Gasteiger partial charge >= 0.3 is 5.97 Å². The van der Waals surface area contributed by atoms with E-state index < -0.39 is 5.60 Å². The minimum atomic E-state index is -0.447. The summed E-state index contributed by atoms with van der Waals surface area (Å²) < 4.78 is 5.24. The molecule has 2 nitrogen and oxygen atoms in total. The Morgan fingerprint density at radius 2 is 1.89 bits per heavy atom. The molecule has 4 heteroatoms. The second-order valence-corrected chi connectivity index (χ2v) is 6.97. The number of esters is 1. The molecule has 0 aliphatic heterocycles. The quantitative estimate of drug-likeness (QED) is 0.361. The van der Waals surface area contributed by atoms with Gasteiger partial charge in [0.1, 0.15) is 5.60 Å². The fraction of sp³-hybridized carbons (Fsp3) is 0.800. The minimum absolute atomic E-state index is 0.161. The van der Waals surface area contributed by atoms with Crippen LogP contribution in [0, 0.1) is 5.92 Å². The highest BCUT2D eigenvalue weighted by molar-refractivity contribution is 6.20. The molecule has 0 aromatic carbocycles. The minimum Gasteiger partial charge on any atom is -0.457 e. The predicted molar refractivity (Wildman–Crippen MR) is 83.0 cm³/mol. The summed E-state index contributed by atoms with van der Waals surface area (Å²) in [5.41, 5.74) is -0.447. The van der Waals surface area contributed by atoms with Crippen molar-refractivity contribution in [3.63, 3.8) is 0 Å². The first-order valence-electron chi connectivity index (χ1n) is 6.86. The molecule has 2 atom stereocenters. The Morgan fingerprint density at radius 1 is 1.26 bits per heavy atom. The van der Waals surface area contributed by atoms with Crippen LogP contribution in [-0.4, -0.2) is 22.8 Å². The lowest BCUT2D eigenvalue weighted by Gasteiger charge is -2.18. The molecule has 0 aromatic rings. The molecule has 0 spiro atoms. The van der Waals surface area contributed by atoms with E-state index in [1.54, 1.807) is 0 Å². The van der Waals surface area contributed by atoms with Crippen molar-refractivity contribution in [1.29, 1.82) is 0 Å². The predicted octanol–water partition coefficient (Wildman–Crippen LogP) is 4.93. The summed E-state index contributed by atoms with van der Waals surface area (Å²) in [6.45, 7) is 7.56. The maximum Gasteiger partial charge on any atom is 0.330 e. The molecule has 0 aromatic heterocycles. The second-order valence-electron chi connectivity index (χ2n) is 5.84. The summed E-state index contributed by atoms with van der Waals surface area (Å²) in [4.78, 5) is 11.6. The third kappa shape index (κ3) is 12.6. The van der Waals surface area contributed by atoms with Gasteiger partial charge in [0.15, 0.2) is 0 Å². The van der Waals surface area contributed by atoms with Gasteiger partial charge in [0.25, 0.3) is 0 Å². The largest absolute Gasteiger partial charge is 0.457 e. The fourth-order valence-corrected chi connectivity index (χ4v) is 1.95. The van der Waals surface area contributed by atoms with Crippen LogP contribution in [0.2, 0.25) is 0 Å². The summed E-state index contributed by atoms with van der Waals surface area (Å²) in [6, 6.07) is 0. The lowest BCUT2D eigenvalue weighted by atomic mass is 9.96. The Balaban J connectivity index is 4.31. The number of ether oxygens (including phenoxy) is 1. The lowest BCUT2D eigenvalue weighted by Crippen LogP contribution is -2.22. The Morgan fingerprint density at radius 3 is 2.37 bits per heavy atom. The molecule has 0 heterocycles. The van der Waals surface area contributed by atoms with Gasteiger partial charge in [-0.3, -0.25) is 0 Å². The zero-order chi connectivity index (χ0) is 14.9. The number of carbonyl (C=O) groups is 1. The maximum absolute atomic E-state index is 11.6. The van der Waals surface area contributed by atoms with Crippen LogP contribution in [0.25, 0.3) is 0 Å². The molecule has 0 saturated heterocycles. The maximum atomic E-state index is 11.6. The zero-order valence-electron chi connectivity index (χ0n) is 12.4. The summed E-state index contributed by atoms with van der Waals surface area (Å²) in [6.07, 6.45) is 7.30. The van der Waals surface area contributed by atoms with Gasteiger partial charge in [-0.05, 0) is 59.3 Å². The van der Waals surface area contributed by atoms with E-state index in [-0.39, 0.29) is 11.3 Å². The normalized spacial score (nSPS) is 15.5. The van der Waals surface area contributed by atoms with Gasteiger partial charge in [0, 0.05) is 17.3 Å². The van der Waals surface area contributed by atoms with Crippen LogP contribution in [0.15, 0.2) is 12.2 Å². The summed E-state index contributed by atoms with van der Waals surface area (Å²) >= 11 is 11.7. The van der Waals surface area contributed by atoms with Crippen LogP contribution < -0.4 is 0 Å². The van der Waals surface area contributed by atoms with Crippen molar-refractivity contribution in [3.8, 4) is 0 Å². The molecule has 19 heavy (non-hydrogen) atoms. The first kappa shape index (κ1) is 18.8. The third-order valence-corrected chi connectivity index (χ3v) is 3.04. The number of hydrogen-bond acceptors (Lipinski definition) is 2. The van der Waals surface area contributed by atoms with E-state index in [9.17, 15) is 4.79 Å². The molecular weight excluding hydrogens is 283 g/mol. The molecule has 112 valence electrons. The summed E-state index contributed by atoms with van der Waals surface area (Å²) in [5, 5.41) is 0.161. The fourth-order valence-electron chi connectivity index (χ4n) is 1.67. The van der Waals surface area contributed by atoms with Crippen molar-refractivity contribution in [2.75, 3.05) is 5.88 Å². The standard InChI is InChI=1S/C15H26Cl2O2/c1-12(17)7-8-13(6-5-11-16)9-10-14(18)19-15(2,3)4/h9-10,12-13H,5-8,11H2,1-4H3/b10-9+. The van der Waals surface area contributed by atoms with E-state index in [0.29, 0.717) is 11.8 Å². The average Bonchev–Trinajstić information content (AvgIpc) is 2.25. The molecular formula is C15H26Cl2O2. The highest BCUT2D eigenvalue weighted by Gasteiger charge is 2.14. The highest BCUT2D eigenvalue weighted by atomic mass is 35.5. The topological polar surface area (TPSA) is 26.3 Å². The number of halogens is 2. The molecule has 0 fully saturated rings. The van der Waals surface area contributed by atoms with Gasteiger partial charge in [-0.15, -0.1) is 23.2 Å². The summed E-state index contributed by atoms with van der Waals surface area (Å²) in [5.74, 6) is 0.697. The molecule has 0 bridgehead atoms. The van der Waals surface area contributed by atoms with Crippen LogP contribution in [0.5, 0.6) is 0 Å². The number of hydrogen-bond donors (Lipinski definition) is 0. The number of rotatable bonds is 8. The van der Waals surface area contributed by atoms with E-state index in [4.69, 9.17) is 27.9 Å². The third-order valence-electron chi connectivity index (χ3n) is 2.56. The van der Waals surface area contributed by atoms with Crippen LogP contribution in [-0.2, 0) is 9.53 Å². The zero-order valence-corrected chi connectivity index (χ0v) is 13.9. The molecule has 0 amide bonds. The van der Waals surface area contributed by atoms with E-state index >= 15 is 0 Å². The van der Waals surface area contributed by atoms with Crippen molar-refractivity contribution in [3.05, 3.63) is 12.2 Å². The number of carbonyl (C=O) groups excluding carboxylic acids is 1. The number of alkyl halides is 2.